The van der Waals surface area contributed by atoms with Gasteiger partial charge in [-0.25, -0.2) is 9.97 Å². The second kappa shape index (κ2) is 11.2. The van der Waals surface area contributed by atoms with Gasteiger partial charge in [0.05, 0.1) is 11.9 Å². The van der Waals surface area contributed by atoms with Gasteiger partial charge in [-0.15, -0.1) is 0 Å². The van der Waals surface area contributed by atoms with Crippen LogP contribution in [0.15, 0.2) is 30.5 Å². The van der Waals surface area contributed by atoms with Crippen LogP contribution < -0.4 is 21.7 Å². The highest BCUT2D eigenvalue weighted by Crippen LogP contribution is 2.20. The Kier molecular flexibility index (Phi) is 7.85. The highest BCUT2D eigenvalue weighted by Gasteiger charge is 2.20. The summed E-state index contributed by atoms with van der Waals surface area (Å²) >= 11 is 0. The predicted molar refractivity (Wildman–Crippen MR) is 128 cm³/mol. The van der Waals surface area contributed by atoms with Gasteiger partial charge in [0.15, 0.2) is 11.5 Å². The molecular formula is C24H33N7O2. The highest BCUT2D eigenvalue weighted by molar-refractivity contribution is 5.97. The van der Waals surface area contributed by atoms with Crippen LogP contribution in [0.25, 0.3) is 11.3 Å². The number of nitrogens with one attached hydrogen (secondary N) is 3. The smallest absolute Gasteiger partial charge is 0.274 e. The number of aromatic nitrogens is 2. The maximum atomic E-state index is 12.8. The van der Waals surface area contributed by atoms with Crippen molar-refractivity contribution in [2.24, 2.45) is 0 Å². The Hall–Kier alpha value is -3.04. The van der Waals surface area contributed by atoms with Gasteiger partial charge in [0, 0.05) is 36.8 Å². The van der Waals surface area contributed by atoms with Crippen LogP contribution in [0.1, 0.15) is 53.0 Å². The van der Waals surface area contributed by atoms with E-state index in [4.69, 9.17) is 5.73 Å². The van der Waals surface area contributed by atoms with E-state index in [0.29, 0.717) is 23.4 Å². The predicted octanol–water partition coefficient (Wildman–Crippen LogP) is 1.42. The number of nitrogens with zero attached hydrogens (tertiary/aromatic N) is 3. The second-order valence-electron chi connectivity index (χ2n) is 8.74. The van der Waals surface area contributed by atoms with Gasteiger partial charge in [0.25, 0.3) is 11.8 Å². The summed E-state index contributed by atoms with van der Waals surface area (Å²) in [6.07, 6.45) is 7.22. The van der Waals surface area contributed by atoms with Gasteiger partial charge in [-0.05, 0) is 57.5 Å². The van der Waals surface area contributed by atoms with Crippen LogP contribution >= 0.6 is 0 Å². The van der Waals surface area contributed by atoms with Crippen molar-refractivity contribution in [1.29, 1.82) is 0 Å². The number of amides is 2. The van der Waals surface area contributed by atoms with E-state index in [1.54, 1.807) is 18.2 Å². The lowest BCUT2D eigenvalue weighted by Gasteiger charge is -2.26. The number of piperidine rings is 2. The maximum absolute atomic E-state index is 12.8. The molecule has 1 atom stereocenters. The number of carbonyl (C=O) groups excluding carboxylic acids is 2. The summed E-state index contributed by atoms with van der Waals surface area (Å²) in [7, 11) is 0. The SMILES string of the molecule is Nc1ncc(-c2cccc(C(=O)NCCN3CCCCC3)c2)nc1C(=O)N[C@H]1CCCNC1. The van der Waals surface area contributed by atoms with E-state index in [9.17, 15) is 9.59 Å². The van der Waals surface area contributed by atoms with Crippen LogP contribution in [0.2, 0.25) is 0 Å². The second-order valence-corrected chi connectivity index (χ2v) is 8.74. The minimum Gasteiger partial charge on any atom is -0.382 e. The molecule has 0 saturated carbocycles. The van der Waals surface area contributed by atoms with Gasteiger partial charge in [-0.1, -0.05) is 18.6 Å². The summed E-state index contributed by atoms with van der Waals surface area (Å²) in [4.78, 5) is 36.5. The monoisotopic (exact) mass is 451 g/mol. The zero-order chi connectivity index (χ0) is 23.0. The largest absolute Gasteiger partial charge is 0.382 e. The van der Waals surface area contributed by atoms with E-state index in [1.165, 1.54) is 25.5 Å². The number of likely N-dealkylation sites (tertiary alicyclic amines) is 1. The molecule has 3 heterocycles. The van der Waals surface area contributed by atoms with Crippen LogP contribution in [0.4, 0.5) is 5.82 Å². The topological polar surface area (TPSA) is 125 Å². The van der Waals surface area contributed by atoms with E-state index in [1.807, 2.05) is 6.07 Å². The molecule has 2 aliphatic heterocycles. The van der Waals surface area contributed by atoms with Crippen LogP contribution in [0.3, 0.4) is 0 Å². The number of hydrogen-bond donors (Lipinski definition) is 4. The molecule has 2 amide bonds. The molecular weight excluding hydrogens is 418 g/mol. The molecule has 5 N–H and O–H groups in total. The van der Waals surface area contributed by atoms with E-state index >= 15 is 0 Å². The van der Waals surface area contributed by atoms with Gasteiger partial charge < -0.3 is 26.6 Å². The van der Waals surface area contributed by atoms with Crippen molar-refractivity contribution < 1.29 is 9.59 Å². The summed E-state index contributed by atoms with van der Waals surface area (Å²) in [6.45, 7) is 5.39. The van der Waals surface area contributed by atoms with Crippen molar-refractivity contribution in [3.05, 3.63) is 41.7 Å². The minimum atomic E-state index is -0.331. The van der Waals surface area contributed by atoms with Gasteiger partial charge in [-0.2, -0.15) is 0 Å². The number of carbonyl (C=O) groups is 2. The molecule has 0 bridgehead atoms. The van der Waals surface area contributed by atoms with E-state index in [2.05, 4.69) is 30.8 Å². The van der Waals surface area contributed by atoms with Gasteiger partial charge in [0.2, 0.25) is 0 Å². The molecule has 2 saturated heterocycles. The molecule has 0 radical (unpaired) electrons. The molecule has 176 valence electrons. The van der Waals surface area contributed by atoms with Crippen molar-refractivity contribution in [1.82, 2.24) is 30.8 Å². The van der Waals surface area contributed by atoms with Crippen LogP contribution in [0, 0.1) is 0 Å². The molecule has 9 heteroatoms. The lowest BCUT2D eigenvalue weighted by molar-refractivity contribution is 0.0923. The molecule has 2 aromatic rings. The first kappa shape index (κ1) is 23.1. The summed E-state index contributed by atoms with van der Waals surface area (Å²) in [5, 5.41) is 9.26. The third kappa shape index (κ3) is 6.27. The zero-order valence-corrected chi connectivity index (χ0v) is 19.0. The Labute approximate surface area is 194 Å². The van der Waals surface area contributed by atoms with Crippen LogP contribution in [0.5, 0.6) is 0 Å². The molecule has 0 spiro atoms. The van der Waals surface area contributed by atoms with E-state index in [-0.39, 0.29) is 29.4 Å². The van der Waals surface area contributed by atoms with Gasteiger partial charge in [0.1, 0.15) is 0 Å². The Bertz CT molecular complexity index is 969. The Morgan fingerprint density at radius 1 is 1.15 bits per heavy atom. The molecule has 33 heavy (non-hydrogen) atoms. The van der Waals surface area contributed by atoms with Crippen LogP contribution in [-0.4, -0.2) is 72.0 Å². The average Bonchev–Trinajstić information content (AvgIpc) is 2.85. The lowest BCUT2D eigenvalue weighted by atomic mass is 10.1. The number of rotatable bonds is 7. The molecule has 1 aromatic carbocycles. The first-order valence-electron chi connectivity index (χ1n) is 11.9. The molecule has 4 rings (SSSR count). The average molecular weight is 452 g/mol. The third-order valence-corrected chi connectivity index (χ3v) is 6.23. The maximum Gasteiger partial charge on any atom is 0.274 e. The number of anilines is 1. The fraction of sp³-hybridized carbons (Fsp3) is 0.500. The van der Waals surface area contributed by atoms with Crippen molar-refractivity contribution in [2.75, 3.05) is 45.0 Å². The van der Waals surface area contributed by atoms with E-state index < -0.39 is 0 Å². The number of benzene rings is 1. The first-order chi connectivity index (χ1) is 16.1. The third-order valence-electron chi connectivity index (χ3n) is 6.23. The summed E-state index contributed by atoms with van der Waals surface area (Å²) in [6, 6.07) is 7.24. The Balaban J connectivity index is 1.41. The number of hydrogen-bond acceptors (Lipinski definition) is 7. The van der Waals surface area contributed by atoms with Gasteiger partial charge in [-0.3, -0.25) is 9.59 Å². The first-order valence-corrected chi connectivity index (χ1v) is 11.9. The van der Waals surface area contributed by atoms with Crippen LogP contribution in [-0.2, 0) is 0 Å². The molecule has 1 aromatic heterocycles. The Morgan fingerprint density at radius 3 is 2.79 bits per heavy atom. The molecule has 2 fully saturated rings. The summed E-state index contributed by atoms with van der Waals surface area (Å²) in [5.41, 5.74) is 7.81. The fourth-order valence-electron chi connectivity index (χ4n) is 4.37. The molecule has 0 aliphatic carbocycles. The lowest BCUT2D eigenvalue weighted by Crippen LogP contribution is -2.46. The van der Waals surface area contributed by atoms with Crippen molar-refractivity contribution in [3.8, 4) is 11.3 Å². The highest BCUT2D eigenvalue weighted by atomic mass is 16.2. The van der Waals surface area contributed by atoms with Crippen molar-refractivity contribution >= 4 is 17.6 Å². The fourth-order valence-corrected chi connectivity index (χ4v) is 4.37. The quantitative estimate of drug-likeness (QED) is 0.502. The summed E-state index contributed by atoms with van der Waals surface area (Å²) < 4.78 is 0. The Morgan fingerprint density at radius 2 is 2.00 bits per heavy atom. The molecule has 2 aliphatic rings. The zero-order valence-electron chi connectivity index (χ0n) is 19.0. The summed E-state index contributed by atoms with van der Waals surface area (Å²) in [5.74, 6) is -0.367. The number of nitrogens with two attached hydrogens (primary N) is 1. The standard InChI is InChI=1S/C24H33N7O2/c25-22-21(24(33)29-19-8-5-9-26-15-19)30-20(16-28-22)17-6-4-7-18(14-17)23(32)27-10-13-31-11-2-1-3-12-31/h4,6-7,14,16,19,26H,1-3,5,8-13,15H2,(H2,25,28)(H,27,32)(H,29,33)/t19-/m0/s1. The van der Waals surface area contributed by atoms with E-state index in [0.717, 1.165) is 45.6 Å². The number of nitrogen functional groups attached to an aromatic ring is 1. The minimum absolute atomic E-state index is 0.0491. The molecule has 0 unspecified atom stereocenters. The van der Waals surface area contributed by atoms with Crippen molar-refractivity contribution in [3.63, 3.8) is 0 Å². The van der Waals surface area contributed by atoms with Crippen molar-refractivity contribution in [2.45, 2.75) is 38.1 Å². The molecule has 9 nitrogen and oxygen atoms in total. The normalized spacial score (nSPS) is 19.1. The van der Waals surface area contributed by atoms with Gasteiger partial charge >= 0.3 is 0 Å².